The maximum Gasteiger partial charge on any atom is 0.273 e. The molecule has 11 heavy (non-hydrogen) atoms. The molecule has 0 unspecified atom stereocenters. The van der Waals surface area contributed by atoms with E-state index in [2.05, 4.69) is 4.98 Å². The smallest absolute Gasteiger partial charge is 0.273 e. The highest BCUT2D eigenvalue weighted by atomic mass is 32.1. The summed E-state index contributed by atoms with van der Waals surface area (Å²) in [6.45, 7) is 0.736. The van der Waals surface area contributed by atoms with Crippen LogP contribution in [0.3, 0.4) is 0 Å². The van der Waals surface area contributed by atoms with Crippen LogP contribution in [0.4, 0.5) is 0 Å². The van der Waals surface area contributed by atoms with Gasteiger partial charge < -0.3 is 10.5 Å². The molecule has 0 bridgehead atoms. The average molecular weight is 172 g/mol. The Hall–Kier alpha value is -0.610. The first-order valence-corrected chi connectivity index (χ1v) is 4.37. The lowest BCUT2D eigenvalue weighted by Crippen LogP contribution is -1.99. The number of aryl methyl sites for hydroxylation is 1. The van der Waals surface area contributed by atoms with Gasteiger partial charge in [0.05, 0.1) is 7.11 Å². The topological polar surface area (TPSA) is 48.1 Å². The Bertz CT molecular complexity index is 212. The standard InChI is InChI=1S/C7H12N2OS/c1-10-7-9-5-6(11-7)3-2-4-8/h5H,2-4,8H2,1H3. The summed E-state index contributed by atoms with van der Waals surface area (Å²) >= 11 is 1.58. The fraction of sp³-hybridized carbons (Fsp3) is 0.571. The van der Waals surface area contributed by atoms with Gasteiger partial charge in [0, 0.05) is 11.1 Å². The summed E-state index contributed by atoms with van der Waals surface area (Å²) in [5, 5.41) is 0.733. The van der Waals surface area contributed by atoms with Crippen LogP contribution in [0.25, 0.3) is 0 Å². The van der Waals surface area contributed by atoms with Gasteiger partial charge in [-0.2, -0.15) is 0 Å². The maximum atomic E-state index is 5.37. The second-order valence-corrected chi connectivity index (χ2v) is 3.27. The zero-order valence-corrected chi connectivity index (χ0v) is 7.36. The molecule has 0 aliphatic carbocycles. The number of ether oxygens (including phenoxy) is 1. The van der Waals surface area contributed by atoms with Crippen LogP contribution in [0.1, 0.15) is 11.3 Å². The van der Waals surface area contributed by atoms with Gasteiger partial charge in [-0.3, -0.25) is 0 Å². The number of aromatic nitrogens is 1. The van der Waals surface area contributed by atoms with Crippen LogP contribution < -0.4 is 10.5 Å². The number of nitrogens with two attached hydrogens (primary N) is 1. The van der Waals surface area contributed by atoms with Crippen LogP contribution in [0.5, 0.6) is 5.19 Å². The van der Waals surface area contributed by atoms with Crippen molar-refractivity contribution in [3.63, 3.8) is 0 Å². The summed E-state index contributed by atoms with van der Waals surface area (Å²) in [4.78, 5) is 5.29. The number of hydrogen-bond donors (Lipinski definition) is 1. The third kappa shape index (κ3) is 2.48. The highest BCUT2D eigenvalue weighted by molar-refractivity contribution is 7.13. The molecule has 1 rings (SSSR count). The van der Waals surface area contributed by atoms with Crippen molar-refractivity contribution in [1.82, 2.24) is 4.98 Å². The van der Waals surface area contributed by atoms with Crippen molar-refractivity contribution in [2.24, 2.45) is 5.73 Å². The fourth-order valence-corrected chi connectivity index (χ4v) is 1.54. The predicted octanol–water partition coefficient (Wildman–Crippen LogP) is 1.04. The summed E-state index contributed by atoms with van der Waals surface area (Å²) in [5.41, 5.74) is 5.37. The van der Waals surface area contributed by atoms with Gasteiger partial charge in [-0.25, -0.2) is 4.98 Å². The van der Waals surface area contributed by atoms with Crippen molar-refractivity contribution in [3.8, 4) is 5.19 Å². The van der Waals surface area contributed by atoms with Gasteiger partial charge in [0.15, 0.2) is 0 Å². The molecule has 0 radical (unpaired) electrons. The average Bonchev–Trinajstić information content (AvgIpc) is 2.48. The second-order valence-electron chi connectivity index (χ2n) is 2.19. The van der Waals surface area contributed by atoms with E-state index in [4.69, 9.17) is 10.5 Å². The molecule has 1 aromatic rings. The minimum Gasteiger partial charge on any atom is -0.473 e. The third-order valence-corrected chi connectivity index (χ3v) is 2.35. The van der Waals surface area contributed by atoms with Crippen molar-refractivity contribution < 1.29 is 4.74 Å². The number of methoxy groups -OCH3 is 1. The zero-order valence-electron chi connectivity index (χ0n) is 6.54. The van der Waals surface area contributed by atoms with E-state index in [0.29, 0.717) is 0 Å². The second kappa shape index (κ2) is 4.31. The summed E-state index contributed by atoms with van der Waals surface area (Å²) in [6.07, 6.45) is 3.88. The molecule has 62 valence electrons. The summed E-state index contributed by atoms with van der Waals surface area (Å²) in [7, 11) is 1.63. The van der Waals surface area contributed by atoms with E-state index in [0.717, 1.165) is 24.6 Å². The van der Waals surface area contributed by atoms with Crippen molar-refractivity contribution in [2.75, 3.05) is 13.7 Å². The molecule has 0 amide bonds. The largest absolute Gasteiger partial charge is 0.473 e. The molecule has 0 atom stereocenters. The molecule has 0 spiro atoms. The van der Waals surface area contributed by atoms with Crippen molar-refractivity contribution in [2.45, 2.75) is 12.8 Å². The lowest BCUT2D eigenvalue weighted by molar-refractivity contribution is 0.412. The Kier molecular flexibility index (Phi) is 3.32. The Morgan fingerprint density at radius 2 is 2.55 bits per heavy atom. The summed E-state index contributed by atoms with van der Waals surface area (Å²) in [6, 6.07) is 0. The van der Waals surface area contributed by atoms with Crippen LogP contribution in [0.2, 0.25) is 0 Å². The fourth-order valence-electron chi connectivity index (χ4n) is 0.776. The number of nitrogens with zero attached hydrogens (tertiary/aromatic N) is 1. The minimum atomic E-state index is 0.733. The first-order chi connectivity index (χ1) is 5.36. The SMILES string of the molecule is COc1ncc(CCCN)s1. The normalized spacial score (nSPS) is 10.0. The molecule has 1 heterocycles. The van der Waals surface area contributed by atoms with Gasteiger partial charge in [-0.15, -0.1) is 0 Å². The first kappa shape index (κ1) is 8.49. The van der Waals surface area contributed by atoms with E-state index in [-0.39, 0.29) is 0 Å². The molecule has 0 aromatic carbocycles. The van der Waals surface area contributed by atoms with E-state index in [1.165, 1.54) is 4.88 Å². The van der Waals surface area contributed by atoms with Crippen LogP contribution in [-0.4, -0.2) is 18.6 Å². The van der Waals surface area contributed by atoms with E-state index in [1.54, 1.807) is 18.4 Å². The number of hydrogen-bond acceptors (Lipinski definition) is 4. The van der Waals surface area contributed by atoms with E-state index < -0.39 is 0 Å². The van der Waals surface area contributed by atoms with Crippen molar-refractivity contribution >= 4 is 11.3 Å². The lowest BCUT2D eigenvalue weighted by atomic mass is 10.3. The third-order valence-electron chi connectivity index (χ3n) is 1.33. The molecule has 4 heteroatoms. The quantitative estimate of drug-likeness (QED) is 0.738. The van der Waals surface area contributed by atoms with E-state index >= 15 is 0 Å². The molecule has 0 fully saturated rings. The first-order valence-electron chi connectivity index (χ1n) is 3.55. The van der Waals surface area contributed by atoms with Crippen molar-refractivity contribution in [3.05, 3.63) is 11.1 Å². The van der Waals surface area contributed by atoms with E-state index in [9.17, 15) is 0 Å². The number of thiazole rings is 1. The maximum absolute atomic E-state index is 5.37. The van der Waals surface area contributed by atoms with Crippen molar-refractivity contribution in [1.29, 1.82) is 0 Å². The van der Waals surface area contributed by atoms with Crippen LogP contribution >= 0.6 is 11.3 Å². The summed E-state index contributed by atoms with van der Waals surface area (Å²) in [5.74, 6) is 0. The van der Waals surface area contributed by atoms with Gasteiger partial charge in [0.1, 0.15) is 0 Å². The molecular weight excluding hydrogens is 160 g/mol. The molecule has 0 saturated carbocycles. The minimum absolute atomic E-state index is 0.733. The molecule has 0 aliphatic heterocycles. The molecule has 0 saturated heterocycles. The highest BCUT2D eigenvalue weighted by Gasteiger charge is 1.99. The van der Waals surface area contributed by atoms with Crippen LogP contribution in [0.15, 0.2) is 6.20 Å². The molecule has 1 aromatic heterocycles. The monoisotopic (exact) mass is 172 g/mol. The van der Waals surface area contributed by atoms with E-state index in [1.807, 2.05) is 6.20 Å². The van der Waals surface area contributed by atoms with Crippen LogP contribution in [-0.2, 0) is 6.42 Å². The zero-order chi connectivity index (χ0) is 8.10. The van der Waals surface area contributed by atoms with Gasteiger partial charge in [0.25, 0.3) is 5.19 Å². The Labute approximate surface area is 70.2 Å². The molecule has 0 aliphatic rings. The van der Waals surface area contributed by atoms with Gasteiger partial charge in [-0.1, -0.05) is 11.3 Å². The van der Waals surface area contributed by atoms with Gasteiger partial charge in [0.2, 0.25) is 0 Å². The Morgan fingerprint density at radius 3 is 3.09 bits per heavy atom. The van der Waals surface area contributed by atoms with Crippen LogP contribution in [0, 0.1) is 0 Å². The Morgan fingerprint density at radius 1 is 1.73 bits per heavy atom. The number of rotatable bonds is 4. The molecule has 3 nitrogen and oxygen atoms in total. The lowest BCUT2D eigenvalue weighted by Gasteiger charge is -1.91. The predicted molar refractivity (Wildman–Crippen MR) is 46.0 cm³/mol. The summed E-state index contributed by atoms with van der Waals surface area (Å²) < 4.78 is 4.95. The molecule has 2 N–H and O–H groups in total. The molecular formula is C7H12N2OS. The highest BCUT2D eigenvalue weighted by Crippen LogP contribution is 2.20. The van der Waals surface area contributed by atoms with Gasteiger partial charge in [-0.05, 0) is 19.4 Å². The Balaban J connectivity index is 2.44. The van der Waals surface area contributed by atoms with Gasteiger partial charge >= 0.3 is 0 Å².